The molecule has 0 aromatic carbocycles. The van der Waals surface area contributed by atoms with E-state index < -0.39 is 11.9 Å². The maximum Gasteiger partial charge on any atom is 0.435 e. The maximum atomic E-state index is 12.5. The van der Waals surface area contributed by atoms with Gasteiger partial charge < -0.3 is 5.73 Å². The lowest BCUT2D eigenvalue weighted by molar-refractivity contribution is -0.142. The molecule has 0 saturated heterocycles. The molecule has 3 nitrogen and oxygen atoms in total. The zero-order valence-corrected chi connectivity index (χ0v) is 7.88. The van der Waals surface area contributed by atoms with Crippen LogP contribution in [-0.2, 0) is 19.1 Å². The molecular formula is C9H10F3N3. The summed E-state index contributed by atoms with van der Waals surface area (Å²) in [5, 5.41) is 3.38. The molecule has 0 radical (unpaired) electrons. The van der Waals surface area contributed by atoms with E-state index in [-0.39, 0.29) is 25.1 Å². The first-order valence-electron chi connectivity index (χ1n) is 4.26. The van der Waals surface area contributed by atoms with Crippen molar-refractivity contribution < 1.29 is 13.2 Å². The molecule has 0 aliphatic carbocycles. The van der Waals surface area contributed by atoms with E-state index in [1.54, 1.807) is 0 Å². The Hall–Kier alpha value is -1.48. The second-order valence-corrected chi connectivity index (χ2v) is 2.94. The van der Waals surface area contributed by atoms with E-state index >= 15 is 0 Å². The van der Waals surface area contributed by atoms with E-state index in [2.05, 4.69) is 11.0 Å². The molecule has 2 N–H and O–H groups in total. The Morgan fingerprint density at radius 2 is 2.20 bits per heavy atom. The fourth-order valence-corrected chi connectivity index (χ4v) is 1.21. The first-order chi connectivity index (χ1) is 6.99. The smallest absolute Gasteiger partial charge is 0.330 e. The van der Waals surface area contributed by atoms with Gasteiger partial charge >= 0.3 is 6.18 Å². The molecule has 1 rings (SSSR count). The van der Waals surface area contributed by atoms with Gasteiger partial charge in [-0.25, -0.2) is 0 Å². The number of nitrogens with two attached hydrogens (primary N) is 1. The zero-order chi connectivity index (χ0) is 11.5. The SMILES string of the molecule is C#CCn1cc(CCN)c(C(F)(F)F)n1. The molecule has 82 valence electrons. The normalized spacial score (nSPS) is 11.4. The molecule has 0 amide bonds. The summed E-state index contributed by atoms with van der Waals surface area (Å²) in [5.74, 6) is 2.22. The molecular weight excluding hydrogens is 207 g/mol. The van der Waals surface area contributed by atoms with Crippen LogP contribution in [0.4, 0.5) is 13.2 Å². The number of nitrogens with zero attached hydrogens (tertiary/aromatic N) is 2. The second kappa shape index (κ2) is 4.36. The molecule has 0 fully saturated rings. The van der Waals surface area contributed by atoms with Gasteiger partial charge in [-0.2, -0.15) is 18.3 Å². The molecule has 0 unspecified atom stereocenters. The monoisotopic (exact) mass is 217 g/mol. The zero-order valence-electron chi connectivity index (χ0n) is 7.88. The van der Waals surface area contributed by atoms with Crippen molar-refractivity contribution in [2.24, 2.45) is 5.73 Å². The van der Waals surface area contributed by atoms with Crippen LogP contribution in [0.5, 0.6) is 0 Å². The molecule has 0 aliphatic rings. The number of halogens is 3. The van der Waals surface area contributed by atoms with Crippen molar-refractivity contribution in [2.75, 3.05) is 6.54 Å². The lowest BCUT2D eigenvalue weighted by Crippen LogP contribution is -2.12. The van der Waals surface area contributed by atoms with Crippen molar-refractivity contribution in [3.8, 4) is 12.3 Å². The first-order valence-corrected chi connectivity index (χ1v) is 4.26. The van der Waals surface area contributed by atoms with Gasteiger partial charge in [0.25, 0.3) is 0 Å². The van der Waals surface area contributed by atoms with Gasteiger partial charge in [-0.15, -0.1) is 6.42 Å². The van der Waals surface area contributed by atoms with Crippen LogP contribution in [0.15, 0.2) is 6.20 Å². The van der Waals surface area contributed by atoms with Crippen molar-refractivity contribution in [2.45, 2.75) is 19.1 Å². The highest BCUT2D eigenvalue weighted by Gasteiger charge is 2.36. The number of rotatable bonds is 3. The lowest BCUT2D eigenvalue weighted by atomic mass is 10.2. The van der Waals surface area contributed by atoms with Crippen molar-refractivity contribution in [1.29, 1.82) is 0 Å². The van der Waals surface area contributed by atoms with Crippen molar-refractivity contribution in [3.05, 3.63) is 17.5 Å². The Bertz CT molecular complexity index is 373. The van der Waals surface area contributed by atoms with Gasteiger partial charge in [-0.3, -0.25) is 4.68 Å². The predicted octanol–water partition coefficient (Wildman–Crippen LogP) is 1.04. The minimum Gasteiger partial charge on any atom is -0.330 e. The van der Waals surface area contributed by atoms with Crippen molar-refractivity contribution >= 4 is 0 Å². The number of terminal acetylenes is 1. The maximum absolute atomic E-state index is 12.5. The van der Waals surface area contributed by atoms with Crippen molar-refractivity contribution in [3.63, 3.8) is 0 Å². The second-order valence-electron chi connectivity index (χ2n) is 2.94. The van der Waals surface area contributed by atoms with Gasteiger partial charge in [-0.1, -0.05) is 5.92 Å². The molecule has 15 heavy (non-hydrogen) atoms. The standard InChI is InChI=1S/C9H10F3N3/c1-2-5-15-6-7(3-4-13)8(14-15)9(10,11)12/h1,6H,3-5,13H2. The van der Waals surface area contributed by atoms with Crippen LogP contribution in [0.3, 0.4) is 0 Å². The van der Waals surface area contributed by atoms with E-state index in [0.717, 1.165) is 4.68 Å². The molecule has 0 saturated carbocycles. The number of hydrogen-bond acceptors (Lipinski definition) is 2. The van der Waals surface area contributed by atoms with Crippen LogP contribution < -0.4 is 5.73 Å². The molecule has 0 atom stereocenters. The quantitative estimate of drug-likeness (QED) is 0.769. The van der Waals surface area contributed by atoms with Gasteiger partial charge in [0, 0.05) is 11.8 Å². The van der Waals surface area contributed by atoms with Crippen LogP contribution in [0.25, 0.3) is 0 Å². The van der Waals surface area contributed by atoms with E-state index in [1.807, 2.05) is 0 Å². The summed E-state index contributed by atoms with van der Waals surface area (Å²) in [5.41, 5.74) is 4.39. The van der Waals surface area contributed by atoms with Gasteiger partial charge in [0.2, 0.25) is 0 Å². The van der Waals surface area contributed by atoms with Crippen LogP contribution in [0.1, 0.15) is 11.3 Å². The van der Waals surface area contributed by atoms with Crippen molar-refractivity contribution in [1.82, 2.24) is 9.78 Å². The average Bonchev–Trinajstić information content (AvgIpc) is 2.49. The van der Waals surface area contributed by atoms with Crippen LogP contribution >= 0.6 is 0 Å². The molecule has 0 aliphatic heterocycles. The lowest BCUT2D eigenvalue weighted by Gasteiger charge is -2.04. The van der Waals surface area contributed by atoms with Gasteiger partial charge in [0.15, 0.2) is 5.69 Å². The summed E-state index contributed by atoms with van der Waals surface area (Å²) >= 11 is 0. The van der Waals surface area contributed by atoms with Crippen LogP contribution in [0.2, 0.25) is 0 Å². The minimum atomic E-state index is -4.45. The molecule has 1 heterocycles. The van der Waals surface area contributed by atoms with E-state index in [9.17, 15) is 13.2 Å². The largest absolute Gasteiger partial charge is 0.435 e. The number of aromatic nitrogens is 2. The highest BCUT2D eigenvalue weighted by atomic mass is 19.4. The minimum absolute atomic E-state index is 0.0215. The Morgan fingerprint density at radius 3 is 2.67 bits per heavy atom. The average molecular weight is 217 g/mol. The fraction of sp³-hybridized carbons (Fsp3) is 0.444. The highest BCUT2D eigenvalue weighted by molar-refractivity contribution is 5.20. The Balaban J connectivity index is 3.07. The van der Waals surface area contributed by atoms with E-state index in [0.29, 0.717) is 0 Å². The predicted molar refractivity (Wildman–Crippen MR) is 48.8 cm³/mol. The summed E-state index contributed by atoms with van der Waals surface area (Å²) in [4.78, 5) is 0. The summed E-state index contributed by atoms with van der Waals surface area (Å²) in [6.07, 6.45) is 1.96. The first kappa shape index (κ1) is 11.6. The summed E-state index contributed by atoms with van der Waals surface area (Å²) < 4.78 is 38.5. The van der Waals surface area contributed by atoms with E-state index in [4.69, 9.17) is 12.2 Å². The van der Waals surface area contributed by atoms with Crippen LogP contribution in [0, 0.1) is 12.3 Å². The van der Waals surface area contributed by atoms with Crippen LogP contribution in [-0.4, -0.2) is 16.3 Å². The molecule has 1 aromatic rings. The fourth-order valence-electron chi connectivity index (χ4n) is 1.21. The molecule has 0 spiro atoms. The Morgan fingerprint density at radius 1 is 1.53 bits per heavy atom. The summed E-state index contributed by atoms with van der Waals surface area (Å²) in [6.45, 7) is 0.165. The highest BCUT2D eigenvalue weighted by Crippen LogP contribution is 2.30. The third-order valence-electron chi connectivity index (χ3n) is 1.77. The van der Waals surface area contributed by atoms with Gasteiger partial charge in [-0.05, 0) is 13.0 Å². The summed E-state index contributed by atoms with van der Waals surface area (Å²) in [6, 6.07) is 0. The topological polar surface area (TPSA) is 43.8 Å². The summed E-state index contributed by atoms with van der Waals surface area (Å²) in [7, 11) is 0. The Kier molecular flexibility index (Phi) is 3.37. The Labute approximate surface area is 85.1 Å². The molecule has 6 heteroatoms. The number of alkyl halides is 3. The van der Waals surface area contributed by atoms with Gasteiger partial charge in [0.05, 0.1) is 0 Å². The third kappa shape index (κ3) is 2.73. The van der Waals surface area contributed by atoms with E-state index in [1.165, 1.54) is 6.20 Å². The molecule has 0 bridgehead atoms. The third-order valence-corrected chi connectivity index (χ3v) is 1.77. The molecule has 1 aromatic heterocycles. The number of hydrogen-bond donors (Lipinski definition) is 1. The van der Waals surface area contributed by atoms with Gasteiger partial charge in [0.1, 0.15) is 6.54 Å².